The van der Waals surface area contributed by atoms with Gasteiger partial charge < -0.3 is 15.2 Å². The molecular formula is C10H9N7O5. The van der Waals surface area contributed by atoms with E-state index in [4.69, 9.17) is 0 Å². The number of hydrogen-bond donors (Lipinski definition) is 2. The van der Waals surface area contributed by atoms with Crippen LogP contribution in [0.4, 0.5) is 17.6 Å². The van der Waals surface area contributed by atoms with Crippen molar-refractivity contribution >= 4 is 23.8 Å². The van der Waals surface area contributed by atoms with Crippen molar-refractivity contribution < 1.29 is 15.0 Å². The van der Waals surface area contributed by atoms with Crippen LogP contribution in [0.1, 0.15) is 5.56 Å². The highest BCUT2D eigenvalue weighted by Gasteiger charge is 2.18. The minimum absolute atomic E-state index is 0.00660. The van der Waals surface area contributed by atoms with Crippen LogP contribution in [0.25, 0.3) is 0 Å². The summed E-state index contributed by atoms with van der Waals surface area (Å²) in [5.74, 6) is -0.814. The standard InChI is InChI=1S/C10H9N7O5/c1-15-9(12-10(14-15)17(21)22)13-11-5-6-4-7(16(19)20)2-3-8(6)18/h2-5,18H,1H3,(H,12,13,14)/b11-5-. The van der Waals surface area contributed by atoms with E-state index in [9.17, 15) is 25.3 Å². The molecular weight excluding hydrogens is 298 g/mol. The average Bonchev–Trinajstić information content (AvgIpc) is 2.82. The SMILES string of the molecule is Cn1nc([N+](=O)[O-])nc1N/N=C\c1cc([N+](=O)[O-])ccc1O. The van der Waals surface area contributed by atoms with Crippen molar-refractivity contribution in [2.24, 2.45) is 12.1 Å². The monoisotopic (exact) mass is 307 g/mol. The number of nitrogens with one attached hydrogen (secondary N) is 1. The Kier molecular flexibility index (Phi) is 3.92. The van der Waals surface area contributed by atoms with E-state index in [1.54, 1.807) is 0 Å². The number of nitrogens with zero attached hydrogens (tertiary/aromatic N) is 6. The first-order valence-electron chi connectivity index (χ1n) is 5.70. The number of hydrogen-bond acceptors (Lipinski definition) is 9. The van der Waals surface area contributed by atoms with Crippen LogP contribution >= 0.6 is 0 Å². The van der Waals surface area contributed by atoms with E-state index < -0.39 is 15.8 Å². The van der Waals surface area contributed by atoms with Gasteiger partial charge in [-0.2, -0.15) is 9.78 Å². The number of aromatic nitrogens is 3. The van der Waals surface area contributed by atoms with Gasteiger partial charge >= 0.3 is 11.9 Å². The van der Waals surface area contributed by atoms with Crippen LogP contribution in [0, 0.1) is 20.2 Å². The zero-order valence-electron chi connectivity index (χ0n) is 11.1. The summed E-state index contributed by atoms with van der Waals surface area (Å²) in [6.45, 7) is 0. The molecule has 2 N–H and O–H groups in total. The Labute approximate surface area is 122 Å². The largest absolute Gasteiger partial charge is 0.507 e. The second-order valence-corrected chi connectivity index (χ2v) is 3.99. The quantitative estimate of drug-likeness (QED) is 0.465. The molecule has 0 aliphatic carbocycles. The van der Waals surface area contributed by atoms with Gasteiger partial charge in [0, 0.05) is 29.8 Å². The lowest BCUT2D eigenvalue weighted by Gasteiger charge is -1.98. The Morgan fingerprint density at radius 1 is 1.36 bits per heavy atom. The predicted molar refractivity (Wildman–Crippen MR) is 73.6 cm³/mol. The Hall–Kier alpha value is -3.57. The van der Waals surface area contributed by atoms with Gasteiger partial charge in [0.15, 0.2) is 0 Å². The molecule has 0 radical (unpaired) electrons. The van der Waals surface area contributed by atoms with Crippen molar-refractivity contribution in [1.29, 1.82) is 0 Å². The smallest absolute Gasteiger partial charge is 0.493 e. The topological polar surface area (TPSA) is 162 Å². The van der Waals surface area contributed by atoms with Gasteiger partial charge in [0.05, 0.1) is 11.1 Å². The lowest BCUT2D eigenvalue weighted by Crippen LogP contribution is -2.00. The number of phenolic OH excluding ortho intramolecular Hbond substituents is 1. The summed E-state index contributed by atoms with van der Waals surface area (Å²) < 4.78 is 1.10. The molecule has 0 spiro atoms. The summed E-state index contributed by atoms with van der Waals surface area (Å²) in [4.78, 5) is 23.3. The Morgan fingerprint density at radius 3 is 2.68 bits per heavy atom. The van der Waals surface area contributed by atoms with Crippen LogP contribution in [-0.2, 0) is 7.05 Å². The number of rotatable bonds is 5. The molecule has 0 unspecified atom stereocenters. The number of phenols is 1. The lowest BCUT2D eigenvalue weighted by atomic mass is 10.2. The summed E-state index contributed by atoms with van der Waals surface area (Å²) in [6, 6.07) is 3.43. The minimum atomic E-state index is -0.763. The van der Waals surface area contributed by atoms with Crippen molar-refractivity contribution in [3.8, 4) is 5.75 Å². The van der Waals surface area contributed by atoms with Crippen molar-refractivity contribution in [3.63, 3.8) is 0 Å². The zero-order chi connectivity index (χ0) is 16.3. The number of hydrazone groups is 1. The third-order valence-electron chi connectivity index (χ3n) is 2.51. The van der Waals surface area contributed by atoms with E-state index in [-0.39, 0.29) is 22.9 Å². The summed E-state index contributed by atoms with van der Waals surface area (Å²) in [5.41, 5.74) is 2.27. The number of aryl methyl sites for hydroxylation is 1. The Balaban J connectivity index is 2.17. The van der Waals surface area contributed by atoms with Crippen LogP contribution in [0.3, 0.4) is 0 Å². The predicted octanol–water partition coefficient (Wildman–Crippen LogP) is 0.783. The van der Waals surface area contributed by atoms with E-state index in [2.05, 4.69) is 20.6 Å². The van der Waals surface area contributed by atoms with E-state index in [0.717, 1.165) is 29.1 Å². The normalized spacial score (nSPS) is 10.8. The van der Waals surface area contributed by atoms with Gasteiger partial charge in [-0.15, -0.1) is 0 Å². The highest BCUT2D eigenvalue weighted by atomic mass is 16.6. The Morgan fingerprint density at radius 2 is 2.09 bits per heavy atom. The van der Waals surface area contributed by atoms with Crippen molar-refractivity contribution in [2.75, 3.05) is 5.43 Å². The van der Waals surface area contributed by atoms with Crippen LogP contribution in [0.15, 0.2) is 23.3 Å². The second-order valence-electron chi connectivity index (χ2n) is 3.99. The third-order valence-corrected chi connectivity index (χ3v) is 2.51. The molecule has 12 heteroatoms. The maximum absolute atomic E-state index is 10.6. The molecule has 0 aliphatic heterocycles. The van der Waals surface area contributed by atoms with Crippen molar-refractivity contribution in [3.05, 3.63) is 44.0 Å². The third kappa shape index (κ3) is 3.12. The van der Waals surface area contributed by atoms with Gasteiger partial charge in [0.25, 0.3) is 5.69 Å². The molecule has 114 valence electrons. The maximum atomic E-state index is 10.6. The molecule has 0 bridgehead atoms. The molecule has 0 atom stereocenters. The fourth-order valence-electron chi connectivity index (χ4n) is 1.46. The first-order valence-corrected chi connectivity index (χ1v) is 5.70. The lowest BCUT2D eigenvalue weighted by molar-refractivity contribution is -0.394. The number of nitro groups is 2. The maximum Gasteiger partial charge on any atom is 0.493 e. The van der Waals surface area contributed by atoms with Gasteiger partial charge in [-0.3, -0.25) is 10.1 Å². The zero-order valence-corrected chi connectivity index (χ0v) is 11.1. The molecule has 0 saturated carbocycles. The fourth-order valence-corrected chi connectivity index (χ4v) is 1.46. The van der Waals surface area contributed by atoms with Gasteiger partial charge in [-0.25, -0.2) is 5.43 Å². The molecule has 0 fully saturated rings. The van der Waals surface area contributed by atoms with Crippen molar-refractivity contribution in [2.45, 2.75) is 0 Å². The molecule has 2 aromatic rings. The number of aromatic hydroxyl groups is 1. The molecule has 0 saturated heterocycles. The first-order chi connectivity index (χ1) is 10.4. The first kappa shape index (κ1) is 14.8. The Bertz CT molecular complexity index is 769. The molecule has 1 heterocycles. The summed E-state index contributed by atoms with van der Waals surface area (Å²) in [7, 11) is 1.42. The van der Waals surface area contributed by atoms with Gasteiger partial charge in [0.1, 0.15) is 5.75 Å². The summed E-state index contributed by atoms with van der Waals surface area (Å²) in [6.07, 6.45) is 1.11. The highest BCUT2D eigenvalue weighted by Crippen LogP contribution is 2.21. The summed E-state index contributed by atoms with van der Waals surface area (Å²) >= 11 is 0. The van der Waals surface area contributed by atoms with E-state index in [0.29, 0.717) is 0 Å². The number of anilines is 1. The molecule has 12 nitrogen and oxygen atoms in total. The number of non-ortho nitro benzene ring substituents is 1. The van der Waals surface area contributed by atoms with Crippen LogP contribution < -0.4 is 5.43 Å². The second kappa shape index (κ2) is 5.82. The summed E-state index contributed by atoms with van der Waals surface area (Å²) in [5, 5.41) is 38.0. The van der Waals surface area contributed by atoms with Crippen molar-refractivity contribution in [1.82, 2.24) is 14.8 Å². The number of nitro benzene ring substituents is 1. The van der Waals surface area contributed by atoms with Gasteiger partial charge in [-0.1, -0.05) is 0 Å². The number of benzene rings is 1. The molecule has 0 amide bonds. The van der Waals surface area contributed by atoms with Gasteiger partial charge in [0.2, 0.25) is 0 Å². The fraction of sp³-hybridized carbons (Fsp3) is 0.100. The molecule has 1 aromatic heterocycles. The molecule has 1 aromatic carbocycles. The highest BCUT2D eigenvalue weighted by molar-refractivity contribution is 5.84. The van der Waals surface area contributed by atoms with Crippen LogP contribution in [-0.4, -0.2) is 35.9 Å². The molecule has 0 aliphatic rings. The van der Waals surface area contributed by atoms with Crippen LogP contribution in [0.5, 0.6) is 5.75 Å². The van der Waals surface area contributed by atoms with E-state index in [1.807, 2.05) is 0 Å². The average molecular weight is 307 g/mol. The molecule has 22 heavy (non-hydrogen) atoms. The van der Waals surface area contributed by atoms with Crippen LogP contribution in [0.2, 0.25) is 0 Å². The minimum Gasteiger partial charge on any atom is -0.507 e. The van der Waals surface area contributed by atoms with E-state index >= 15 is 0 Å². The van der Waals surface area contributed by atoms with Gasteiger partial charge in [-0.05, 0) is 16.0 Å². The molecule has 2 rings (SSSR count). The van der Waals surface area contributed by atoms with E-state index in [1.165, 1.54) is 7.05 Å².